The maximum absolute atomic E-state index is 12.3. The molecule has 0 atom stereocenters. The first kappa shape index (κ1) is 56.1. The minimum absolute atomic E-state index is 0.0230. The Bertz CT molecular complexity index is 2030. The molecule has 0 bridgehead atoms. The van der Waals surface area contributed by atoms with Crippen LogP contribution in [0.5, 0.6) is 23.0 Å². The monoisotopic (exact) mass is 1140 g/mol. The van der Waals surface area contributed by atoms with E-state index in [0.717, 1.165) is 17.7 Å². The Morgan fingerprint density at radius 3 is 1.26 bits per heavy atom. The van der Waals surface area contributed by atoms with Crippen molar-refractivity contribution in [1.29, 1.82) is 0 Å². The number of halogens is 13. The van der Waals surface area contributed by atoms with Gasteiger partial charge in [-0.3, -0.25) is 19.2 Å². The van der Waals surface area contributed by atoms with E-state index in [9.17, 15) is 58.7 Å². The summed E-state index contributed by atoms with van der Waals surface area (Å²) in [4.78, 5) is 44.3. The number of carbonyl (C=O) groups is 4. The summed E-state index contributed by atoms with van der Waals surface area (Å²) in [6, 6.07) is 20.9. The molecule has 0 N–H and O–H groups in total. The summed E-state index contributed by atoms with van der Waals surface area (Å²) < 4.78 is 126. The van der Waals surface area contributed by atoms with Crippen LogP contribution in [0.1, 0.15) is 27.8 Å². The van der Waals surface area contributed by atoms with Gasteiger partial charge in [-0.2, -0.15) is 13.2 Å². The fourth-order valence-electron chi connectivity index (χ4n) is 4.61. The summed E-state index contributed by atoms with van der Waals surface area (Å²) in [5.41, 5.74) is 1.74. The normalized spacial score (nSPS) is 11.0. The van der Waals surface area contributed by atoms with Crippen LogP contribution >= 0.6 is 63.7 Å². The Morgan fingerprint density at radius 2 is 0.839 bits per heavy atom. The van der Waals surface area contributed by atoms with Gasteiger partial charge in [-0.1, -0.05) is 112 Å². The van der Waals surface area contributed by atoms with E-state index in [0.29, 0.717) is 39.9 Å². The van der Waals surface area contributed by atoms with Crippen LogP contribution in [0.4, 0.5) is 39.5 Å². The van der Waals surface area contributed by atoms with Gasteiger partial charge in [0.15, 0.2) is 11.5 Å². The van der Waals surface area contributed by atoms with Crippen LogP contribution in [-0.4, -0.2) is 71.4 Å². The van der Waals surface area contributed by atoms with Crippen LogP contribution in [0, 0.1) is 0 Å². The van der Waals surface area contributed by atoms with Gasteiger partial charge in [-0.15, -0.1) is 26.3 Å². The highest BCUT2D eigenvalue weighted by Crippen LogP contribution is 2.30. The van der Waals surface area contributed by atoms with Gasteiger partial charge in [0.05, 0.1) is 41.1 Å². The van der Waals surface area contributed by atoms with Crippen LogP contribution in [0.3, 0.4) is 0 Å². The highest BCUT2D eigenvalue weighted by Gasteiger charge is 2.32. The van der Waals surface area contributed by atoms with E-state index >= 15 is 0 Å². The van der Waals surface area contributed by atoms with E-state index in [1.165, 1.54) is 54.6 Å². The highest BCUT2D eigenvalue weighted by atomic mass is 79.9. The average molecular weight is 1150 g/mol. The Hall–Kier alpha value is -3.95. The van der Waals surface area contributed by atoms with Gasteiger partial charge < -0.3 is 18.9 Å². The molecule has 340 valence electrons. The topological polar surface area (TPSA) is 105 Å². The summed E-state index contributed by atoms with van der Waals surface area (Å²) in [5.74, 6) is 0.574. The van der Waals surface area contributed by atoms with E-state index in [1.54, 1.807) is 26.4 Å². The van der Waals surface area contributed by atoms with Gasteiger partial charge in [0, 0.05) is 25.7 Å². The van der Waals surface area contributed by atoms with Gasteiger partial charge in [0.1, 0.15) is 34.6 Å². The predicted octanol–water partition coefficient (Wildman–Crippen LogP) is 11.6. The lowest BCUT2D eigenvalue weighted by Crippen LogP contribution is -2.17. The minimum atomic E-state index is -4.71. The molecule has 0 heterocycles. The van der Waals surface area contributed by atoms with Crippen molar-refractivity contribution in [2.75, 3.05) is 35.5 Å². The molecule has 0 aliphatic carbocycles. The minimum Gasteiger partial charge on any atom is -0.493 e. The second kappa shape index (κ2) is 28.0. The molecular weight excluding hydrogens is 1110 g/mol. The van der Waals surface area contributed by atoms with E-state index in [4.69, 9.17) is 9.47 Å². The van der Waals surface area contributed by atoms with Crippen LogP contribution in [0.2, 0.25) is 0 Å². The third-order valence-corrected chi connectivity index (χ3v) is 9.69. The molecule has 62 heavy (non-hydrogen) atoms. The van der Waals surface area contributed by atoms with Crippen LogP contribution in [0.15, 0.2) is 91.0 Å². The van der Waals surface area contributed by atoms with Crippen molar-refractivity contribution < 1.29 is 77.6 Å². The van der Waals surface area contributed by atoms with Gasteiger partial charge in [-0.05, 0) is 64.7 Å². The largest absolute Gasteiger partial charge is 0.573 e. The number of Topliss-reactive ketones (excluding diaryl/α,β-unsaturated/α-hetero) is 4. The number of hydrogen-bond donors (Lipinski definition) is 0. The fourth-order valence-corrected chi connectivity index (χ4v) is 5.40. The standard InChI is InChI=1S/C11H13BrO3.2C10H8BrF3O2.C10H8BrF3O/c1-14-10-4-3-8(5-9(13)7-12)6-11(10)15-2;11-6-8(15)5-7-1-3-9(4-2-7)16-10(12,13)14;11-6-8(15)4-7-2-1-3-9(5-7)16-10(12,13)14;11-6-9(15)5-7-2-1-3-8(4-7)10(12,13)14/h3-4,6H,5,7H2,1-2H3;1-4H,5-6H2;1-3,5H,4,6H2;1-4H,5-6H2. The van der Waals surface area contributed by atoms with Crippen molar-refractivity contribution >= 4 is 86.9 Å². The average Bonchev–Trinajstić information content (AvgIpc) is 3.20. The first-order valence-electron chi connectivity index (χ1n) is 17.3. The van der Waals surface area contributed by atoms with Gasteiger partial charge in [0.2, 0.25) is 0 Å². The molecule has 0 amide bonds. The second-order valence-corrected chi connectivity index (χ2v) is 14.4. The number of benzene rings is 4. The third-order valence-electron chi connectivity index (χ3n) is 7.19. The lowest BCUT2D eigenvalue weighted by molar-refractivity contribution is -0.275. The van der Waals surface area contributed by atoms with Crippen LogP contribution in [0.25, 0.3) is 0 Å². The summed E-state index contributed by atoms with van der Waals surface area (Å²) in [6.45, 7) is 0. The van der Waals surface area contributed by atoms with E-state index < -0.39 is 24.5 Å². The summed E-state index contributed by atoms with van der Waals surface area (Å²) in [5, 5.41) is 0.940. The number of carbonyl (C=O) groups excluding carboxylic acids is 4. The molecule has 8 nitrogen and oxygen atoms in total. The SMILES string of the molecule is COc1ccc(CC(=O)CBr)cc1OC.O=C(CBr)Cc1ccc(OC(F)(F)F)cc1.O=C(CBr)Cc1cccc(C(F)(F)F)c1.O=C(CBr)Cc1cccc(OC(F)(F)F)c1. The number of ketones is 4. The van der Waals surface area contributed by atoms with Crippen molar-refractivity contribution in [3.63, 3.8) is 0 Å². The quantitative estimate of drug-likeness (QED) is 0.0807. The zero-order valence-corrected chi connectivity index (χ0v) is 38.8. The molecule has 0 saturated heterocycles. The zero-order valence-electron chi connectivity index (χ0n) is 32.5. The lowest BCUT2D eigenvalue weighted by Gasteiger charge is -2.09. The molecule has 0 fully saturated rings. The van der Waals surface area contributed by atoms with Gasteiger partial charge in [0.25, 0.3) is 0 Å². The van der Waals surface area contributed by atoms with Crippen LogP contribution in [-0.2, 0) is 51.0 Å². The number of methoxy groups -OCH3 is 2. The fraction of sp³-hybridized carbons (Fsp3) is 0.317. The molecule has 0 radical (unpaired) electrons. The maximum atomic E-state index is 12.3. The highest BCUT2D eigenvalue weighted by molar-refractivity contribution is 9.10. The molecule has 0 unspecified atom stereocenters. The van der Waals surface area contributed by atoms with Crippen molar-refractivity contribution in [1.82, 2.24) is 0 Å². The molecule has 0 aliphatic heterocycles. The number of ether oxygens (including phenoxy) is 4. The molecule has 0 aromatic heterocycles. The molecular formula is C41H37Br4F9O8. The van der Waals surface area contributed by atoms with E-state index in [1.807, 2.05) is 12.1 Å². The summed E-state index contributed by atoms with van der Waals surface area (Å²) in [6.07, 6.45) is -13.0. The van der Waals surface area contributed by atoms with Crippen molar-refractivity contribution in [3.05, 3.63) is 119 Å². The Kier molecular flexibility index (Phi) is 25.3. The van der Waals surface area contributed by atoms with Crippen molar-refractivity contribution in [2.45, 2.75) is 44.6 Å². The number of rotatable bonds is 16. The molecule has 0 spiro atoms. The summed E-state index contributed by atoms with van der Waals surface area (Å²) in [7, 11) is 3.16. The molecule has 21 heteroatoms. The smallest absolute Gasteiger partial charge is 0.493 e. The Balaban J connectivity index is 0.000000414. The first-order chi connectivity index (χ1) is 28.9. The Labute approximate surface area is 384 Å². The Morgan fingerprint density at radius 1 is 0.452 bits per heavy atom. The first-order valence-corrected chi connectivity index (χ1v) is 21.8. The van der Waals surface area contributed by atoms with E-state index in [-0.39, 0.29) is 69.9 Å². The van der Waals surface area contributed by atoms with Crippen molar-refractivity contribution in [3.8, 4) is 23.0 Å². The zero-order chi connectivity index (χ0) is 47.1. The molecule has 4 aromatic rings. The van der Waals surface area contributed by atoms with Gasteiger partial charge in [-0.25, -0.2) is 0 Å². The van der Waals surface area contributed by atoms with E-state index in [2.05, 4.69) is 73.2 Å². The number of alkyl halides is 13. The van der Waals surface area contributed by atoms with Crippen LogP contribution < -0.4 is 18.9 Å². The maximum Gasteiger partial charge on any atom is 0.573 e. The predicted molar refractivity (Wildman–Crippen MR) is 227 cm³/mol. The third kappa shape index (κ3) is 24.6. The molecule has 4 rings (SSSR count). The molecule has 4 aromatic carbocycles. The number of hydrogen-bond acceptors (Lipinski definition) is 8. The molecule has 0 aliphatic rings. The lowest BCUT2D eigenvalue weighted by atomic mass is 10.1. The summed E-state index contributed by atoms with van der Waals surface area (Å²) >= 11 is 12.1. The van der Waals surface area contributed by atoms with Gasteiger partial charge >= 0.3 is 18.9 Å². The van der Waals surface area contributed by atoms with Crippen molar-refractivity contribution in [2.24, 2.45) is 0 Å². The second-order valence-electron chi connectivity index (χ2n) is 12.2. The molecule has 0 saturated carbocycles.